The molecule has 2 heterocycles. The third kappa shape index (κ3) is 4.84. The predicted octanol–water partition coefficient (Wildman–Crippen LogP) is 6.23. The minimum Gasteiger partial charge on any atom is -0.371 e. The molecule has 1 aromatic heterocycles. The molecule has 0 N–H and O–H groups in total. The van der Waals surface area contributed by atoms with Crippen LogP contribution >= 0.6 is 23.2 Å². The Morgan fingerprint density at radius 3 is 2.58 bits per heavy atom. The molecule has 0 radical (unpaired) electrons. The van der Waals surface area contributed by atoms with Gasteiger partial charge >= 0.3 is 0 Å². The van der Waals surface area contributed by atoms with Crippen molar-refractivity contribution in [3.63, 3.8) is 0 Å². The summed E-state index contributed by atoms with van der Waals surface area (Å²) >= 11 is 12.2. The number of oxime groups is 1. The summed E-state index contributed by atoms with van der Waals surface area (Å²) in [7, 11) is -1.32. The summed E-state index contributed by atoms with van der Waals surface area (Å²) in [5.41, 5.74) is 0.596. The SMILES string of the molecule is C[Si](C)(C)CCOCn1c(Cl)nc2c(F)c(F)cc(C3=NOCN3c3ccc(F)c(Cl)c3)c21. The van der Waals surface area contributed by atoms with E-state index in [1.54, 1.807) is 4.90 Å². The van der Waals surface area contributed by atoms with Crippen LogP contribution in [0, 0.1) is 17.5 Å². The number of hydrogen-bond donors (Lipinski definition) is 0. The summed E-state index contributed by atoms with van der Waals surface area (Å²) < 4.78 is 50.0. The van der Waals surface area contributed by atoms with Crippen LogP contribution in [-0.4, -0.2) is 36.8 Å². The molecule has 0 spiro atoms. The van der Waals surface area contributed by atoms with Crippen molar-refractivity contribution in [1.29, 1.82) is 0 Å². The number of fused-ring (bicyclic) bond motifs is 1. The number of nitrogens with zero attached hydrogens (tertiary/aromatic N) is 4. The van der Waals surface area contributed by atoms with Crippen molar-refractivity contribution in [2.45, 2.75) is 32.4 Å². The van der Waals surface area contributed by atoms with Crippen LogP contribution in [0.3, 0.4) is 0 Å². The van der Waals surface area contributed by atoms with Gasteiger partial charge in [0.05, 0.1) is 16.1 Å². The molecule has 0 atom stereocenters. The molecule has 3 aromatic rings. The van der Waals surface area contributed by atoms with Crippen LogP contribution in [0.25, 0.3) is 11.0 Å². The molecule has 0 unspecified atom stereocenters. The van der Waals surface area contributed by atoms with Crippen molar-refractivity contribution in [3.8, 4) is 0 Å². The minimum absolute atomic E-state index is 0.00556. The lowest BCUT2D eigenvalue weighted by molar-refractivity contribution is 0.0900. The topological polar surface area (TPSA) is 51.9 Å². The first-order valence-corrected chi connectivity index (χ1v) is 14.6. The zero-order valence-electron chi connectivity index (χ0n) is 18.1. The van der Waals surface area contributed by atoms with E-state index in [9.17, 15) is 13.2 Å². The quantitative estimate of drug-likeness (QED) is 0.276. The number of rotatable bonds is 7. The van der Waals surface area contributed by atoms with Crippen LogP contribution in [0.2, 0.25) is 36.0 Å². The molecule has 12 heteroatoms. The summed E-state index contributed by atoms with van der Waals surface area (Å²) in [4.78, 5) is 10.8. The monoisotopic (exact) mass is 516 g/mol. The van der Waals surface area contributed by atoms with Gasteiger partial charge in [-0.15, -0.1) is 0 Å². The first-order valence-electron chi connectivity index (χ1n) is 10.1. The standard InChI is InChI=1S/C21H21Cl2F3N4O2Si/c1-33(2,3)7-6-31-10-30-19-13(9-16(25)17(26)18(19)27-21(30)23)20-28-32-11-29(20)12-4-5-15(24)14(22)8-12/h4-5,8-9H,6-7,10-11H2,1-3H3. The van der Waals surface area contributed by atoms with Crippen LogP contribution in [0.15, 0.2) is 29.4 Å². The van der Waals surface area contributed by atoms with Gasteiger partial charge in [0.1, 0.15) is 18.1 Å². The van der Waals surface area contributed by atoms with E-state index in [0.717, 1.165) is 12.1 Å². The second kappa shape index (κ2) is 9.17. The number of ether oxygens (including phenoxy) is 1. The highest BCUT2D eigenvalue weighted by Gasteiger charge is 2.30. The Morgan fingerprint density at radius 2 is 1.88 bits per heavy atom. The molecule has 2 aromatic carbocycles. The number of amidine groups is 1. The molecule has 0 amide bonds. The highest BCUT2D eigenvalue weighted by Crippen LogP contribution is 2.32. The first-order chi connectivity index (χ1) is 15.6. The van der Waals surface area contributed by atoms with Gasteiger partial charge < -0.3 is 9.57 Å². The molecule has 0 bridgehead atoms. The number of halogens is 5. The van der Waals surface area contributed by atoms with Gasteiger partial charge in [0.25, 0.3) is 0 Å². The van der Waals surface area contributed by atoms with Crippen LogP contribution < -0.4 is 4.90 Å². The Hall–Kier alpha value is -2.27. The molecule has 0 aliphatic carbocycles. The van der Waals surface area contributed by atoms with Gasteiger partial charge in [0.15, 0.2) is 24.2 Å². The van der Waals surface area contributed by atoms with E-state index in [2.05, 4.69) is 29.8 Å². The summed E-state index contributed by atoms with van der Waals surface area (Å²) in [6, 6.07) is 5.99. The lowest BCUT2D eigenvalue weighted by Crippen LogP contribution is -2.28. The van der Waals surface area contributed by atoms with Gasteiger partial charge in [-0.1, -0.05) is 36.4 Å². The summed E-state index contributed by atoms with van der Waals surface area (Å²) in [5.74, 6) is -2.67. The summed E-state index contributed by atoms with van der Waals surface area (Å²) in [5, 5.41) is 3.86. The molecule has 4 rings (SSSR count). The van der Waals surface area contributed by atoms with Gasteiger partial charge in [-0.2, -0.15) is 0 Å². The zero-order chi connectivity index (χ0) is 23.9. The Balaban J connectivity index is 1.76. The van der Waals surface area contributed by atoms with E-state index < -0.39 is 25.5 Å². The fourth-order valence-corrected chi connectivity index (χ4v) is 4.50. The molecule has 0 fully saturated rings. The third-order valence-corrected chi connectivity index (χ3v) is 7.41. The molecule has 1 aliphatic rings. The Morgan fingerprint density at radius 1 is 1.12 bits per heavy atom. The number of anilines is 1. The van der Waals surface area contributed by atoms with Crippen LogP contribution in [0.5, 0.6) is 0 Å². The van der Waals surface area contributed by atoms with Crippen molar-refractivity contribution in [2.75, 3.05) is 18.2 Å². The Kier molecular flexibility index (Phi) is 6.63. The minimum atomic E-state index is -1.32. The van der Waals surface area contributed by atoms with Gasteiger partial charge in [0.2, 0.25) is 5.28 Å². The van der Waals surface area contributed by atoms with Crippen LogP contribution in [0.1, 0.15) is 5.56 Å². The van der Waals surface area contributed by atoms with E-state index >= 15 is 0 Å². The van der Waals surface area contributed by atoms with E-state index in [0.29, 0.717) is 12.3 Å². The molecule has 6 nitrogen and oxygen atoms in total. The van der Waals surface area contributed by atoms with E-state index in [1.807, 2.05) is 0 Å². The van der Waals surface area contributed by atoms with Crippen molar-refractivity contribution in [1.82, 2.24) is 9.55 Å². The van der Waals surface area contributed by atoms with Crippen molar-refractivity contribution < 1.29 is 22.7 Å². The van der Waals surface area contributed by atoms with Crippen LogP contribution in [-0.2, 0) is 16.3 Å². The van der Waals surface area contributed by atoms with Gasteiger partial charge in [-0.05, 0) is 41.9 Å². The molecule has 1 aliphatic heterocycles. The first kappa shape index (κ1) is 23.9. The summed E-state index contributed by atoms with van der Waals surface area (Å²) in [6.07, 6.45) is 0. The fraction of sp³-hybridized carbons (Fsp3) is 0.333. The summed E-state index contributed by atoms with van der Waals surface area (Å²) in [6.45, 7) is 7.12. The Bertz CT molecular complexity index is 1250. The van der Waals surface area contributed by atoms with E-state index in [-0.39, 0.29) is 46.2 Å². The number of aromatic nitrogens is 2. The second-order valence-corrected chi connectivity index (χ2v) is 15.1. The maximum Gasteiger partial charge on any atom is 0.205 e. The number of hydrogen-bond acceptors (Lipinski definition) is 5. The van der Waals surface area contributed by atoms with Gasteiger partial charge in [0, 0.05) is 20.4 Å². The van der Waals surface area contributed by atoms with Gasteiger partial charge in [-0.3, -0.25) is 9.47 Å². The molecule has 0 saturated carbocycles. The predicted molar refractivity (Wildman–Crippen MR) is 125 cm³/mol. The highest BCUT2D eigenvalue weighted by atomic mass is 35.5. The molecule has 176 valence electrons. The molecular weight excluding hydrogens is 496 g/mol. The molecule has 0 saturated heterocycles. The lowest BCUT2D eigenvalue weighted by Gasteiger charge is -2.20. The van der Waals surface area contributed by atoms with Crippen LogP contribution in [0.4, 0.5) is 18.9 Å². The number of benzene rings is 2. The van der Waals surface area contributed by atoms with E-state index in [1.165, 1.54) is 22.8 Å². The lowest BCUT2D eigenvalue weighted by atomic mass is 10.1. The second-order valence-electron chi connectivity index (χ2n) is 8.77. The smallest absolute Gasteiger partial charge is 0.205 e. The van der Waals surface area contributed by atoms with E-state index in [4.69, 9.17) is 32.8 Å². The van der Waals surface area contributed by atoms with Crippen molar-refractivity contribution >= 4 is 53.8 Å². The fourth-order valence-electron chi connectivity index (χ4n) is 3.35. The Labute approximate surface area is 199 Å². The third-order valence-electron chi connectivity index (χ3n) is 5.13. The van der Waals surface area contributed by atoms with Crippen molar-refractivity contribution in [2.24, 2.45) is 5.16 Å². The normalized spacial score (nSPS) is 14.2. The molecule has 33 heavy (non-hydrogen) atoms. The van der Waals surface area contributed by atoms with Crippen molar-refractivity contribution in [3.05, 3.63) is 57.6 Å². The largest absolute Gasteiger partial charge is 0.371 e. The molecular formula is C21H21Cl2F3N4O2Si. The average Bonchev–Trinajstić information content (AvgIpc) is 3.35. The average molecular weight is 517 g/mol. The maximum atomic E-state index is 14.6. The maximum absolute atomic E-state index is 14.6. The van der Waals surface area contributed by atoms with Gasteiger partial charge in [-0.25, -0.2) is 18.2 Å². The highest BCUT2D eigenvalue weighted by molar-refractivity contribution is 6.76. The number of imidazole rings is 1. The zero-order valence-corrected chi connectivity index (χ0v) is 20.6.